The number of rotatable bonds is 5. The molecular weight excluding hydrogens is 186 g/mol. The van der Waals surface area contributed by atoms with Gasteiger partial charge in [-0.05, 0) is 36.6 Å². The van der Waals surface area contributed by atoms with Crippen LogP contribution in [0.25, 0.3) is 0 Å². The minimum absolute atomic E-state index is 0.497. The fourth-order valence-electron chi connectivity index (χ4n) is 1.59. The van der Waals surface area contributed by atoms with Gasteiger partial charge in [0, 0.05) is 12.7 Å². The molecule has 1 aromatic heterocycles. The molecule has 0 amide bonds. The van der Waals surface area contributed by atoms with Crippen LogP contribution in [0.15, 0.2) is 18.3 Å². The van der Waals surface area contributed by atoms with E-state index in [2.05, 4.69) is 10.3 Å². The van der Waals surface area contributed by atoms with E-state index in [0.717, 1.165) is 24.6 Å². The number of nitrogens with zero attached hydrogens (tertiary/aromatic N) is 2. The molecule has 0 bridgehead atoms. The van der Waals surface area contributed by atoms with Crippen molar-refractivity contribution in [3.8, 4) is 6.07 Å². The van der Waals surface area contributed by atoms with E-state index in [4.69, 9.17) is 5.26 Å². The van der Waals surface area contributed by atoms with Crippen LogP contribution in [0.3, 0.4) is 0 Å². The molecule has 15 heavy (non-hydrogen) atoms. The first-order chi connectivity index (χ1) is 7.38. The fraction of sp³-hybridized carbons (Fsp3) is 0.500. The maximum atomic E-state index is 8.68. The monoisotopic (exact) mass is 201 g/mol. The van der Waals surface area contributed by atoms with Crippen LogP contribution in [-0.4, -0.2) is 11.5 Å². The second-order valence-electron chi connectivity index (χ2n) is 4.07. The van der Waals surface area contributed by atoms with Crippen LogP contribution in [0.5, 0.6) is 0 Å². The topological polar surface area (TPSA) is 48.7 Å². The van der Waals surface area contributed by atoms with Gasteiger partial charge in [-0.15, -0.1) is 0 Å². The lowest BCUT2D eigenvalue weighted by atomic mass is 10.2. The SMILES string of the molecule is N#Cc1cc(CNCCC2CC2)ccn1. The Morgan fingerprint density at radius 3 is 3.13 bits per heavy atom. The number of aromatic nitrogens is 1. The smallest absolute Gasteiger partial charge is 0.140 e. The highest BCUT2D eigenvalue weighted by molar-refractivity contribution is 5.25. The fourth-order valence-corrected chi connectivity index (χ4v) is 1.59. The highest BCUT2D eigenvalue weighted by Gasteiger charge is 2.19. The summed E-state index contributed by atoms with van der Waals surface area (Å²) in [5.74, 6) is 0.976. The summed E-state index contributed by atoms with van der Waals surface area (Å²) < 4.78 is 0. The van der Waals surface area contributed by atoms with Gasteiger partial charge < -0.3 is 5.32 Å². The van der Waals surface area contributed by atoms with Crippen LogP contribution in [-0.2, 0) is 6.54 Å². The van der Waals surface area contributed by atoms with E-state index in [1.165, 1.54) is 19.3 Å². The highest BCUT2D eigenvalue weighted by Crippen LogP contribution is 2.31. The summed E-state index contributed by atoms with van der Waals surface area (Å²) in [7, 11) is 0. The van der Waals surface area contributed by atoms with Crippen molar-refractivity contribution in [2.24, 2.45) is 5.92 Å². The van der Waals surface area contributed by atoms with Crippen LogP contribution in [0, 0.1) is 17.2 Å². The predicted molar refractivity (Wildman–Crippen MR) is 58.0 cm³/mol. The Kier molecular flexibility index (Phi) is 3.31. The van der Waals surface area contributed by atoms with Crippen LogP contribution in [0.1, 0.15) is 30.5 Å². The summed E-state index contributed by atoms with van der Waals surface area (Å²) in [4.78, 5) is 3.94. The predicted octanol–water partition coefficient (Wildman–Crippen LogP) is 1.84. The van der Waals surface area contributed by atoms with Gasteiger partial charge in [-0.2, -0.15) is 5.26 Å². The molecule has 0 spiro atoms. The summed E-state index contributed by atoms with van der Waals surface area (Å²) in [6.07, 6.45) is 5.80. The Morgan fingerprint density at radius 1 is 1.53 bits per heavy atom. The molecule has 3 nitrogen and oxygen atoms in total. The maximum absolute atomic E-state index is 8.68. The van der Waals surface area contributed by atoms with E-state index in [0.29, 0.717) is 5.69 Å². The van der Waals surface area contributed by atoms with Crippen molar-refractivity contribution in [3.05, 3.63) is 29.6 Å². The molecule has 0 radical (unpaired) electrons. The molecule has 0 saturated heterocycles. The Labute approximate surface area is 90.1 Å². The Hall–Kier alpha value is -1.40. The Balaban J connectivity index is 1.74. The quantitative estimate of drug-likeness (QED) is 0.739. The minimum atomic E-state index is 0.497. The zero-order valence-electron chi connectivity index (χ0n) is 8.74. The Bertz CT molecular complexity index is 363. The third-order valence-corrected chi connectivity index (χ3v) is 2.69. The molecule has 1 saturated carbocycles. The van der Waals surface area contributed by atoms with Gasteiger partial charge in [0.25, 0.3) is 0 Å². The van der Waals surface area contributed by atoms with Crippen LogP contribution in [0.2, 0.25) is 0 Å². The molecule has 1 aliphatic rings. The summed E-state index contributed by atoms with van der Waals surface area (Å²) in [6, 6.07) is 5.83. The van der Waals surface area contributed by atoms with E-state index in [9.17, 15) is 0 Å². The molecule has 1 N–H and O–H groups in total. The first kappa shape index (κ1) is 10.1. The van der Waals surface area contributed by atoms with Crippen LogP contribution in [0.4, 0.5) is 0 Å². The molecule has 0 aromatic carbocycles. The number of nitrogens with one attached hydrogen (secondary N) is 1. The normalized spacial score (nSPS) is 14.9. The summed E-state index contributed by atoms with van der Waals surface area (Å²) in [5.41, 5.74) is 1.63. The molecular formula is C12H15N3. The van der Waals surface area contributed by atoms with Gasteiger partial charge in [-0.25, -0.2) is 4.98 Å². The molecule has 1 aliphatic carbocycles. The molecule has 0 aliphatic heterocycles. The van der Waals surface area contributed by atoms with E-state index < -0.39 is 0 Å². The summed E-state index contributed by atoms with van der Waals surface area (Å²) in [6.45, 7) is 1.92. The molecule has 1 fully saturated rings. The zero-order valence-corrected chi connectivity index (χ0v) is 8.74. The molecule has 1 heterocycles. The lowest BCUT2D eigenvalue weighted by molar-refractivity contribution is 0.612. The van der Waals surface area contributed by atoms with E-state index in [1.807, 2.05) is 18.2 Å². The molecule has 2 rings (SSSR count). The zero-order chi connectivity index (χ0) is 10.5. The van der Waals surface area contributed by atoms with Gasteiger partial charge >= 0.3 is 0 Å². The third-order valence-electron chi connectivity index (χ3n) is 2.69. The van der Waals surface area contributed by atoms with Crippen molar-refractivity contribution in [2.75, 3.05) is 6.54 Å². The minimum Gasteiger partial charge on any atom is -0.313 e. The van der Waals surface area contributed by atoms with E-state index >= 15 is 0 Å². The van der Waals surface area contributed by atoms with Gasteiger partial charge in [0.15, 0.2) is 0 Å². The van der Waals surface area contributed by atoms with Gasteiger partial charge in [0.05, 0.1) is 0 Å². The number of hydrogen-bond acceptors (Lipinski definition) is 3. The van der Waals surface area contributed by atoms with Crippen molar-refractivity contribution in [2.45, 2.75) is 25.8 Å². The lowest BCUT2D eigenvalue weighted by Crippen LogP contribution is -2.15. The lowest BCUT2D eigenvalue weighted by Gasteiger charge is -2.03. The second-order valence-corrected chi connectivity index (χ2v) is 4.07. The van der Waals surface area contributed by atoms with E-state index in [1.54, 1.807) is 6.20 Å². The number of nitriles is 1. The standard InChI is InChI=1S/C12H15N3/c13-8-12-7-11(4-6-15-12)9-14-5-3-10-1-2-10/h4,6-7,10,14H,1-3,5,9H2. The second kappa shape index (κ2) is 4.90. The van der Waals surface area contributed by atoms with Gasteiger partial charge in [0.1, 0.15) is 11.8 Å². The van der Waals surface area contributed by atoms with Crippen molar-refractivity contribution in [1.82, 2.24) is 10.3 Å². The summed E-state index contributed by atoms with van der Waals surface area (Å²) >= 11 is 0. The Morgan fingerprint density at radius 2 is 2.40 bits per heavy atom. The largest absolute Gasteiger partial charge is 0.313 e. The van der Waals surface area contributed by atoms with Crippen molar-refractivity contribution < 1.29 is 0 Å². The van der Waals surface area contributed by atoms with Crippen molar-refractivity contribution >= 4 is 0 Å². The molecule has 0 unspecified atom stereocenters. The maximum Gasteiger partial charge on any atom is 0.140 e. The average molecular weight is 201 g/mol. The first-order valence-electron chi connectivity index (χ1n) is 5.44. The molecule has 78 valence electrons. The van der Waals surface area contributed by atoms with E-state index in [-0.39, 0.29) is 0 Å². The molecule has 0 atom stereocenters. The number of hydrogen-bond donors (Lipinski definition) is 1. The third kappa shape index (κ3) is 3.34. The van der Waals surface area contributed by atoms with Crippen LogP contribution < -0.4 is 5.32 Å². The van der Waals surface area contributed by atoms with Gasteiger partial charge in [-0.1, -0.05) is 12.8 Å². The molecule has 1 aromatic rings. The van der Waals surface area contributed by atoms with Crippen molar-refractivity contribution in [3.63, 3.8) is 0 Å². The van der Waals surface area contributed by atoms with Crippen LogP contribution >= 0.6 is 0 Å². The van der Waals surface area contributed by atoms with Gasteiger partial charge in [0.2, 0.25) is 0 Å². The highest BCUT2D eigenvalue weighted by atomic mass is 14.8. The number of pyridine rings is 1. The van der Waals surface area contributed by atoms with Gasteiger partial charge in [-0.3, -0.25) is 0 Å². The summed E-state index contributed by atoms with van der Waals surface area (Å²) in [5, 5.41) is 12.1. The van der Waals surface area contributed by atoms with Crippen molar-refractivity contribution in [1.29, 1.82) is 5.26 Å². The first-order valence-corrected chi connectivity index (χ1v) is 5.44. The average Bonchev–Trinajstić information content (AvgIpc) is 3.09. The molecule has 3 heteroatoms.